The molecule has 4 aromatic rings. The van der Waals surface area contributed by atoms with Crippen LogP contribution in [0.1, 0.15) is 11.6 Å². The number of hydrogen-bond acceptors (Lipinski definition) is 5. The molecule has 0 saturated heterocycles. The van der Waals surface area contributed by atoms with Gasteiger partial charge in [-0.15, -0.1) is 0 Å². The van der Waals surface area contributed by atoms with Crippen LogP contribution in [-0.4, -0.2) is 14.5 Å². The van der Waals surface area contributed by atoms with E-state index in [0.717, 1.165) is 3.57 Å². The molecule has 4 rings (SSSR count). The average Bonchev–Trinajstić information content (AvgIpc) is 3.17. The number of para-hydroxylation sites is 1. The van der Waals surface area contributed by atoms with Gasteiger partial charge in [-0.2, -0.15) is 0 Å². The summed E-state index contributed by atoms with van der Waals surface area (Å²) in [6, 6.07) is 17.4. The lowest BCUT2D eigenvalue weighted by molar-refractivity contribution is -0.402. The summed E-state index contributed by atoms with van der Waals surface area (Å²) in [5.41, 5.74) is 1.05. The van der Waals surface area contributed by atoms with Crippen LogP contribution >= 0.6 is 22.6 Å². The minimum Gasteiger partial charge on any atom is -0.401 e. The van der Waals surface area contributed by atoms with Crippen molar-refractivity contribution in [1.82, 2.24) is 9.55 Å². The second-order valence-corrected chi connectivity index (χ2v) is 7.12. The first kappa shape index (κ1) is 18.1. The highest BCUT2D eigenvalue weighted by molar-refractivity contribution is 14.1. The molecule has 0 aliphatic heterocycles. The van der Waals surface area contributed by atoms with Crippen molar-refractivity contribution >= 4 is 51.5 Å². The first-order chi connectivity index (χ1) is 13.5. The first-order valence-corrected chi connectivity index (χ1v) is 9.31. The predicted molar refractivity (Wildman–Crippen MR) is 114 cm³/mol. The molecule has 0 unspecified atom stereocenters. The van der Waals surface area contributed by atoms with Gasteiger partial charge in [0.25, 0.3) is 5.56 Å². The molecule has 138 valence electrons. The number of furan rings is 1. The zero-order valence-corrected chi connectivity index (χ0v) is 16.4. The molecule has 28 heavy (non-hydrogen) atoms. The van der Waals surface area contributed by atoms with Crippen molar-refractivity contribution in [1.29, 1.82) is 0 Å². The number of fused-ring (bicyclic) bond motifs is 1. The molecule has 0 radical (unpaired) electrons. The van der Waals surface area contributed by atoms with E-state index in [1.165, 1.54) is 16.7 Å². The van der Waals surface area contributed by atoms with Gasteiger partial charge in [0.05, 0.1) is 22.7 Å². The Morgan fingerprint density at radius 1 is 1.07 bits per heavy atom. The van der Waals surface area contributed by atoms with Gasteiger partial charge in [0.2, 0.25) is 0 Å². The molecule has 8 heteroatoms. The average molecular weight is 485 g/mol. The maximum atomic E-state index is 13.2. The maximum Gasteiger partial charge on any atom is 0.433 e. The lowest BCUT2D eigenvalue weighted by Gasteiger charge is -2.11. The standard InChI is InChI=1S/C20H12IN3O4/c21-13-6-9-17-16(12-13)20(25)23(14-4-2-1-3-5-14)18(22-17)10-7-15-8-11-19(28-15)24(26)27/h1-12H. The zero-order valence-electron chi connectivity index (χ0n) is 14.3. The van der Waals surface area contributed by atoms with Crippen LogP contribution in [0.4, 0.5) is 5.88 Å². The number of rotatable bonds is 4. The van der Waals surface area contributed by atoms with E-state index < -0.39 is 4.92 Å². The Bertz CT molecular complexity index is 1280. The van der Waals surface area contributed by atoms with Gasteiger partial charge in [0.15, 0.2) is 0 Å². The maximum absolute atomic E-state index is 13.2. The molecule has 0 spiro atoms. The fraction of sp³-hybridized carbons (Fsp3) is 0. The van der Waals surface area contributed by atoms with E-state index in [1.54, 1.807) is 24.3 Å². The van der Waals surface area contributed by atoms with Gasteiger partial charge in [0.1, 0.15) is 16.5 Å². The number of nitro groups is 1. The molecule has 0 aliphatic rings. The molecular weight excluding hydrogens is 473 g/mol. The van der Waals surface area contributed by atoms with Gasteiger partial charge in [-0.3, -0.25) is 19.5 Å². The molecule has 2 aromatic heterocycles. The summed E-state index contributed by atoms with van der Waals surface area (Å²) in [7, 11) is 0. The topological polar surface area (TPSA) is 91.2 Å². The summed E-state index contributed by atoms with van der Waals surface area (Å²) in [6.07, 6.45) is 3.15. The van der Waals surface area contributed by atoms with E-state index in [0.29, 0.717) is 28.2 Å². The van der Waals surface area contributed by atoms with Crippen molar-refractivity contribution < 1.29 is 9.34 Å². The third kappa shape index (κ3) is 3.46. The van der Waals surface area contributed by atoms with Crippen LogP contribution < -0.4 is 5.56 Å². The van der Waals surface area contributed by atoms with Crippen molar-refractivity contribution in [2.24, 2.45) is 0 Å². The third-order valence-corrected chi connectivity index (χ3v) is 4.73. The molecule has 0 fully saturated rings. The SMILES string of the molecule is O=c1c2cc(I)ccc2nc(C=Cc2ccc([N+](=O)[O-])o2)n1-c1ccccc1. The summed E-state index contributed by atoms with van der Waals surface area (Å²) in [5.74, 6) is 0.341. The van der Waals surface area contributed by atoms with Crippen LogP contribution in [0.5, 0.6) is 0 Å². The normalized spacial score (nSPS) is 11.3. The van der Waals surface area contributed by atoms with Crippen molar-refractivity contribution in [3.8, 4) is 5.69 Å². The molecule has 7 nitrogen and oxygen atoms in total. The number of benzene rings is 2. The highest BCUT2D eigenvalue weighted by Crippen LogP contribution is 2.20. The summed E-state index contributed by atoms with van der Waals surface area (Å²) >= 11 is 2.15. The summed E-state index contributed by atoms with van der Waals surface area (Å²) in [6.45, 7) is 0. The Morgan fingerprint density at radius 2 is 1.86 bits per heavy atom. The monoisotopic (exact) mass is 485 g/mol. The molecule has 0 bridgehead atoms. The van der Waals surface area contributed by atoms with Crippen LogP contribution in [0.25, 0.3) is 28.7 Å². The fourth-order valence-corrected chi connectivity index (χ4v) is 3.29. The van der Waals surface area contributed by atoms with Crippen LogP contribution in [0.15, 0.2) is 69.9 Å². The molecular formula is C20H12IN3O4. The lowest BCUT2D eigenvalue weighted by atomic mass is 10.2. The van der Waals surface area contributed by atoms with E-state index in [9.17, 15) is 14.9 Å². The molecule has 0 saturated carbocycles. The van der Waals surface area contributed by atoms with E-state index >= 15 is 0 Å². The second kappa shape index (κ2) is 7.39. The van der Waals surface area contributed by atoms with Crippen molar-refractivity contribution in [2.75, 3.05) is 0 Å². The van der Waals surface area contributed by atoms with E-state index in [-0.39, 0.29) is 11.4 Å². The molecule has 2 aromatic carbocycles. The van der Waals surface area contributed by atoms with Crippen LogP contribution in [0.3, 0.4) is 0 Å². The minimum atomic E-state index is -0.604. The van der Waals surface area contributed by atoms with Crippen LogP contribution in [-0.2, 0) is 0 Å². The Hall–Kier alpha value is -3.27. The van der Waals surface area contributed by atoms with Gasteiger partial charge in [-0.25, -0.2) is 4.98 Å². The smallest absolute Gasteiger partial charge is 0.401 e. The lowest BCUT2D eigenvalue weighted by Crippen LogP contribution is -2.22. The Labute approximate surface area is 172 Å². The van der Waals surface area contributed by atoms with Gasteiger partial charge < -0.3 is 4.42 Å². The van der Waals surface area contributed by atoms with Gasteiger partial charge in [-0.05, 0) is 71.1 Å². The van der Waals surface area contributed by atoms with Crippen LogP contribution in [0.2, 0.25) is 0 Å². The third-order valence-electron chi connectivity index (χ3n) is 4.06. The molecule has 2 heterocycles. The fourth-order valence-electron chi connectivity index (χ4n) is 2.80. The van der Waals surface area contributed by atoms with Crippen LogP contribution in [0, 0.1) is 13.7 Å². The Morgan fingerprint density at radius 3 is 2.57 bits per heavy atom. The zero-order chi connectivity index (χ0) is 19.7. The highest BCUT2D eigenvalue weighted by Gasteiger charge is 2.13. The molecule has 0 N–H and O–H groups in total. The second-order valence-electron chi connectivity index (χ2n) is 5.87. The van der Waals surface area contributed by atoms with Crippen molar-refractivity contribution in [2.45, 2.75) is 0 Å². The molecule has 0 atom stereocenters. The minimum absolute atomic E-state index is 0.195. The quantitative estimate of drug-likeness (QED) is 0.238. The Balaban J connectivity index is 1.90. The number of nitrogens with zero attached hydrogens (tertiary/aromatic N) is 3. The largest absolute Gasteiger partial charge is 0.433 e. The predicted octanol–water partition coefficient (Wildman–Crippen LogP) is 4.66. The van der Waals surface area contributed by atoms with E-state index in [2.05, 4.69) is 27.6 Å². The van der Waals surface area contributed by atoms with Gasteiger partial charge in [-0.1, -0.05) is 18.2 Å². The first-order valence-electron chi connectivity index (χ1n) is 8.23. The molecule has 0 aliphatic carbocycles. The summed E-state index contributed by atoms with van der Waals surface area (Å²) in [4.78, 5) is 28.0. The van der Waals surface area contributed by atoms with Crippen molar-refractivity contribution in [3.05, 3.63) is 96.3 Å². The number of aromatic nitrogens is 2. The summed E-state index contributed by atoms with van der Waals surface area (Å²) < 4.78 is 7.59. The van der Waals surface area contributed by atoms with Gasteiger partial charge >= 0.3 is 5.88 Å². The number of hydrogen-bond donors (Lipinski definition) is 0. The van der Waals surface area contributed by atoms with E-state index in [4.69, 9.17) is 4.42 Å². The highest BCUT2D eigenvalue weighted by atomic mass is 127. The van der Waals surface area contributed by atoms with Gasteiger partial charge in [0, 0.05) is 3.57 Å². The molecule has 0 amide bonds. The summed E-state index contributed by atoms with van der Waals surface area (Å²) in [5, 5.41) is 11.3. The number of halogens is 1. The van der Waals surface area contributed by atoms with Crippen molar-refractivity contribution in [3.63, 3.8) is 0 Å². The van der Waals surface area contributed by atoms with E-state index in [1.807, 2.05) is 36.4 Å². The Kier molecular flexibility index (Phi) is 4.78.